The van der Waals surface area contributed by atoms with E-state index in [1.165, 1.54) is 24.8 Å². The van der Waals surface area contributed by atoms with Crippen LogP contribution in [0.2, 0.25) is 0 Å². The van der Waals surface area contributed by atoms with Crippen LogP contribution in [0.15, 0.2) is 28.7 Å². The summed E-state index contributed by atoms with van der Waals surface area (Å²) >= 11 is 3.52. The van der Waals surface area contributed by atoms with Gasteiger partial charge in [0, 0.05) is 23.6 Å². The summed E-state index contributed by atoms with van der Waals surface area (Å²) in [6.07, 6.45) is 4.08. The lowest BCUT2D eigenvalue weighted by molar-refractivity contribution is 0.118. The molecule has 0 heterocycles. The number of likely N-dealkylation sites (N-methyl/N-ethyl adjacent to an activating group) is 1. The highest BCUT2D eigenvalue weighted by atomic mass is 79.9. The van der Waals surface area contributed by atoms with E-state index in [-0.39, 0.29) is 0 Å². The smallest absolute Gasteiger partial charge is 0.0247 e. The molecule has 1 atom stereocenters. The summed E-state index contributed by atoms with van der Waals surface area (Å²) in [5.74, 6) is 0.817. The predicted molar refractivity (Wildman–Crippen MR) is 75.8 cm³/mol. The van der Waals surface area contributed by atoms with Gasteiger partial charge in [0.1, 0.15) is 0 Å². The molecular formula is C14H21BrN2. The maximum Gasteiger partial charge on any atom is 0.0247 e. The molecule has 0 spiro atoms. The van der Waals surface area contributed by atoms with Crippen LogP contribution < -0.4 is 5.73 Å². The Morgan fingerprint density at radius 2 is 2.24 bits per heavy atom. The average Bonchev–Trinajstić information content (AvgIpc) is 2.22. The molecule has 1 fully saturated rings. The number of rotatable bonds is 5. The van der Waals surface area contributed by atoms with E-state index < -0.39 is 0 Å². The molecule has 0 aromatic heterocycles. The van der Waals surface area contributed by atoms with E-state index >= 15 is 0 Å². The second-order valence-corrected chi connectivity index (χ2v) is 5.95. The quantitative estimate of drug-likeness (QED) is 0.905. The summed E-state index contributed by atoms with van der Waals surface area (Å²) in [6.45, 7) is 1.76. The molecule has 17 heavy (non-hydrogen) atoms. The van der Waals surface area contributed by atoms with Crippen molar-refractivity contribution in [2.45, 2.75) is 31.8 Å². The molecule has 0 radical (unpaired) electrons. The fourth-order valence-electron chi connectivity index (χ4n) is 2.60. The topological polar surface area (TPSA) is 29.3 Å². The Morgan fingerprint density at radius 1 is 1.47 bits per heavy atom. The van der Waals surface area contributed by atoms with Gasteiger partial charge >= 0.3 is 0 Å². The van der Waals surface area contributed by atoms with E-state index in [4.69, 9.17) is 5.73 Å². The van der Waals surface area contributed by atoms with Gasteiger partial charge in [-0.25, -0.2) is 0 Å². The van der Waals surface area contributed by atoms with Crippen molar-refractivity contribution in [2.75, 3.05) is 13.6 Å². The molecule has 1 aliphatic carbocycles. The third kappa shape index (κ3) is 3.30. The molecule has 0 saturated heterocycles. The molecule has 0 aliphatic heterocycles. The second-order valence-electron chi connectivity index (χ2n) is 5.04. The Bertz CT molecular complexity index is 363. The summed E-state index contributed by atoms with van der Waals surface area (Å²) in [7, 11) is 2.19. The Balaban J connectivity index is 1.96. The molecule has 1 aliphatic rings. The van der Waals surface area contributed by atoms with E-state index in [1.54, 1.807) is 0 Å². The largest absolute Gasteiger partial charge is 0.329 e. The van der Waals surface area contributed by atoms with Gasteiger partial charge in [0.2, 0.25) is 0 Å². The van der Waals surface area contributed by atoms with Crippen LogP contribution in [-0.4, -0.2) is 24.5 Å². The van der Waals surface area contributed by atoms with Crippen LogP contribution in [0.5, 0.6) is 0 Å². The van der Waals surface area contributed by atoms with Gasteiger partial charge in [0.15, 0.2) is 0 Å². The van der Waals surface area contributed by atoms with E-state index in [9.17, 15) is 0 Å². The number of hydrogen-bond acceptors (Lipinski definition) is 2. The SMILES string of the molecule is CN(Cc1cccc(Br)c1)C(CN)C1CCC1. The lowest BCUT2D eigenvalue weighted by Crippen LogP contribution is -2.45. The van der Waals surface area contributed by atoms with E-state index in [2.05, 4.69) is 52.1 Å². The summed E-state index contributed by atoms with van der Waals surface area (Å²) < 4.78 is 1.15. The normalized spacial score (nSPS) is 18.1. The summed E-state index contributed by atoms with van der Waals surface area (Å²) in [5.41, 5.74) is 7.26. The van der Waals surface area contributed by atoms with Crippen molar-refractivity contribution >= 4 is 15.9 Å². The molecule has 1 saturated carbocycles. The highest BCUT2D eigenvalue weighted by Gasteiger charge is 2.28. The van der Waals surface area contributed by atoms with Gasteiger partial charge in [-0.1, -0.05) is 34.5 Å². The van der Waals surface area contributed by atoms with Crippen molar-refractivity contribution in [1.82, 2.24) is 4.90 Å². The monoisotopic (exact) mass is 296 g/mol. The first-order chi connectivity index (χ1) is 8.20. The fraction of sp³-hybridized carbons (Fsp3) is 0.571. The van der Waals surface area contributed by atoms with Gasteiger partial charge in [0.05, 0.1) is 0 Å². The maximum atomic E-state index is 5.92. The Kier molecular flexibility index (Phi) is 4.60. The minimum Gasteiger partial charge on any atom is -0.329 e. The maximum absolute atomic E-state index is 5.92. The molecule has 0 amide bonds. The van der Waals surface area contributed by atoms with E-state index in [1.807, 2.05) is 0 Å². The first kappa shape index (κ1) is 13.1. The van der Waals surface area contributed by atoms with Gasteiger partial charge in [-0.2, -0.15) is 0 Å². The average molecular weight is 297 g/mol. The first-order valence-corrected chi connectivity index (χ1v) is 7.14. The summed E-state index contributed by atoms with van der Waals surface area (Å²) in [5, 5.41) is 0. The summed E-state index contributed by atoms with van der Waals surface area (Å²) in [6, 6.07) is 9.06. The molecule has 2 nitrogen and oxygen atoms in total. The lowest BCUT2D eigenvalue weighted by atomic mass is 9.79. The number of nitrogens with zero attached hydrogens (tertiary/aromatic N) is 1. The molecule has 1 unspecified atom stereocenters. The van der Waals surface area contributed by atoms with Gasteiger partial charge in [-0.3, -0.25) is 4.90 Å². The molecule has 0 bridgehead atoms. The molecular weight excluding hydrogens is 276 g/mol. The molecule has 2 rings (SSSR count). The zero-order valence-corrected chi connectivity index (χ0v) is 12.0. The van der Waals surface area contributed by atoms with Crippen molar-refractivity contribution in [2.24, 2.45) is 11.7 Å². The highest BCUT2D eigenvalue weighted by molar-refractivity contribution is 9.10. The minimum atomic E-state index is 0.544. The van der Waals surface area contributed by atoms with Crippen molar-refractivity contribution in [1.29, 1.82) is 0 Å². The van der Waals surface area contributed by atoms with Crippen LogP contribution in [0.25, 0.3) is 0 Å². The molecule has 3 heteroatoms. The van der Waals surface area contributed by atoms with Crippen molar-refractivity contribution < 1.29 is 0 Å². The van der Waals surface area contributed by atoms with Gasteiger partial charge in [-0.15, -0.1) is 0 Å². The van der Waals surface area contributed by atoms with Crippen LogP contribution in [0.1, 0.15) is 24.8 Å². The van der Waals surface area contributed by atoms with Crippen molar-refractivity contribution in [3.63, 3.8) is 0 Å². The van der Waals surface area contributed by atoms with Crippen LogP contribution in [0, 0.1) is 5.92 Å². The predicted octanol–water partition coefficient (Wildman–Crippen LogP) is 3.01. The third-order valence-corrected chi connectivity index (χ3v) is 4.32. The van der Waals surface area contributed by atoms with Crippen molar-refractivity contribution in [3.05, 3.63) is 34.3 Å². The standard InChI is InChI=1S/C14H21BrN2/c1-17(14(9-16)12-5-3-6-12)10-11-4-2-7-13(15)8-11/h2,4,7-8,12,14H,3,5-6,9-10,16H2,1H3. The molecule has 2 N–H and O–H groups in total. The molecule has 94 valence electrons. The van der Waals surface area contributed by atoms with Gasteiger partial charge < -0.3 is 5.73 Å². The summed E-state index contributed by atoms with van der Waals surface area (Å²) in [4.78, 5) is 2.41. The Labute approximate surface area is 112 Å². The van der Waals surface area contributed by atoms with Crippen molar-refractivity contribution in [3.8, 4) is 0 Å². The lowest BCUT2D eigenvalue weighted by Gasteiger charge is -2.39. The van der Waals surface area contributed by atoms with Crippen LogP contribution in [-0.2, 0) is 6.54 Å². The number of hydrogen-bond donors (Lipinski definition) is 1. The zero-order valence-electron chi connectivity index (χ0n) is 10.4. The number of halogens is 1. The van der Waals surface area contributed by atoms with Crippen LogP contribution in [0.4, 0.5) is 0 Å². The van der Waals surface area contributed by atoms with Gasteiger partial charge in [0.25, 0.3) is 0 Å². The minimum absolute atomic E-state index is 0.544. The second kappa shape index (κ2) is 5.98. The zero-order chi connectivity index (χ0) is 12.3. The van der Waals surface area contributed by atoms with Crippen LogP contribution in [0.3, 0.4) is 0 Å². The highest BCUT2D eigenvalue weighted by Crippen LogP contribution is 2.32. The molecule has 1 aromatic carbocycles. The van der Waals surface area contributed by atoms with Gasteiger partial charge in [-0.05, 0) is 43.5 Å². The third-order valence-electron chi connectivity index (χ3n) is 3.82. The Hall–Kier alpha value is -0.380. The molecule has 1 aromatic rings. The first-order valence-electron chi connectivity index (χ1n) is 6.35. The number of benzene rings is 1. The Morgan fingerprint density at radius 3 is 2.76 bits per heavy atom. The van der Waals surface area contributed by atoms with E-state index in [0.717, 1.165) is 23.5 Å². The fourth-order valence-corrected chi connectivity index (χ4v) is 3.04. The van der Waals surface area contributed by atoms with Crippen LogP contribution >= 0.6 is 15.9 Å². The number of nitrogens with two attached hydrogens (primary N) is 1. The van der Waals surface area contributed by atoms with E-state index in [0.29, 0.717) is 6.04 Å².